The second-order valence-corrected chi connectivity index (χ2v) is 8.28. The number of rotatable bonds is 5. The van der Waals surface area contributed by atoms with E-state index in [-0.39, 0.29) is 0 Å². The second kappa shape index (κ2) is 6.96. The summed E-state index contributed by atoms with van der Waals surface area (Å²) in [6.07, 6.45) is 1.78. The van der Waals surface area contributed by atoms with E-state index in [9.17, 15) is 8.42 Å². The lowest BCUT2D eigenvalue weighted by molar-refractivity contribution is 0.599. The van der Waals surface area contributed by atoms with Crippen molar-refractivity contribution in [2.45, 2.75) is 39.1 Å². The van der Waals surface area contributed by atoms with Crippen LogP contribution in [0.1, 0.15) is 27.8 Å². The molecule has 0 aliphatic rings. The van der Waals surface area contributed by atoms with Gasteiger partial charge in [0.05, 0.1) is 11.4 Å². The minimum absolute atomic E-state index is 0.316. The first-order valence-corrected chi connectivity index (χ1v) is 9.93. The number of nitrogens with one attached hydrogen (secondary N) is 1. The summed E-state index contributed by atoms with van der Waals surface area (Å²) in [4.78, 5) is 0.316. The molecule has 0 atom stereocenters. The van der Waals surface area contributed by atoms with Crippen molar-refractivity contribution in [3.05, 3.63) is 76.5 Å². The van der Waals surface area contributed by atoms with Gasteiger partial charge in [-0.2, -0.15) is 5.10 Å². The van der Waals surface area contributed by atoms with Gasteiger partial charge >= 0.3 is 0 Å². The molecule has 6 heteroatoms. The van der Waals surface area contributed by atoms with Gasteiger partial charge in [0.15, 0.2) is 5.82 Å². The maximum Gasteiger partial charge on any atom is 0.263 e. The first-order chi connectivity index (χ1) is 12.3. The van der Waals surface area contributed by atoms with Crippen LogP contribution in [0.15, 0.2) is 53.6 Å². The van der Waals surface area contributed by atoms with Gasteiger partial charge in [-0.25, -0.2) is 8.42 Å². The summed E-state index contributed by atoms with van der Waals surface area (Å²) in [5.41, 5.74) is 4.83. The van der Waals surface area contributed by atoms with Crippen LogP contribution in [0.5, 0.6) is 0 Å². The topological polar surface area (TPSA) is 64.0 Å². The van der Waals surface area contributed by atoms with Gasteiger partial charge < -0.3 is 0 Å². The van der Waals surface area contributed by atoms with Crippen molar-refractivity contribution in [3.63, 3.8) is 0 Å². The predicted molar refractivity (Wildman–Crippen MR) is 104 cm³/mol. The Labute approximate surface area is 154 Å². The lowest BCUT2D eigenvalue weighted by Crippen LogP contribution is -2.16. The molecule has 5 nitrogen and oxygen atoms in total. The van der Waals surface area contributed by atoms with Gasteiger partial charge in [-0.15, -0.1) is 0 Å². The Morgan fingerprint density at radius 1 is 0.962 bits per heavy atom. The monoisotopic (exact) mass is 369 g/mol. The van der Waals surface area contributed by atoms with E-state index in [4.69, 9.17) is 0 Å². The van der Waals surface area contributed by atoms with E-state index in [0.29, 0.717) is 17.3 Å². The zero-order valence-corrected chi connectivity index (χ0v) is 16.3. The van der Waals surface area contributed by atoms with Gasteiger partial charge in [-0.05, 0) is 49.9 Å². The molecule has 0 aliphatic heterocycles. The summed E-state index contributed by atoms with van der Waals surface area (Å²) in [6, 6.07) is 13.5. The highest BCUT2D eigenvalue weighted by Crippen LogP contribution is 2.24. The molecule has 0 fully saturated rings. The van der Waals surface area contributed by atoms with Crippen LogP contribution in [-0.2, 0) is 16.6 Å². The molecule has 1 N–H and O–H groups in total. The normalized spacial score (nSPS) is 11.5. The Hall–Kier alpha value is -2.60. The van der Waals surface area contributed by atoms with Gasteiger partial charge in [0.2, 0.25) is 0 Å². The van der Waals surface area contributed by atoms with Crippen LogP contribution >= 0.6 is 0 Å². The number of hydrogen-bond donors (Lipinski definition) is 1. The molecule has 0 spiro atoms. The van der Waals surface area contributed by atoms with Crippen molar-refractivity contribution in [2.24, 2.45) is 0 Å². The highest BCUT2D eigenvalue weighted by molar-refractivity contribution is 7.92. The quantitative estimate of drug-likeness (QED) is 0.740. The summed E-state index contributed by atoms with van der Waals surface area (Å²) >= 11 is 0. The lowest BCUT2D eigenvalue weighted by Gasteiger charge is -2.12. The van der Waals surface area contributed by atoms with Crippen LogP contribution in [0.4, 0.5) is 5.82 Å². The average Bonchev–Trinajstić information content (AvgIpc) is 2.94. The number of benzene rings is 2. The Kier molecular flexibility index (Phi) is 4.87. The van der Waals surface area contributed by atoms with E-state index in [0.717, 1.165) is 22.3 Å². The maximum absolute atomic E-state index is 12.8. The first-order valence-electron chi connectivity index (χ1n) is 8.45. The van der Waals surface area contributed by atoms with Crippen LogP contribution in [0.25, 0.3) is 0 Å². The molecule has 26 heavy (non-hydrogen) atoms. The molecule has 2 aromatic carbocycles. The van der Waals surface area contributed by atoms with Crippen molar-refractivity contribution in [1.29, 1.82) is 0 Å². The SMILES string of the molecule is Cc1cc(C)c(S(=O)(=O)Nc2ccn(Cc3ccccc3C)n2)c(C)c1. The third kappa shape index (κ3) is 3.80. The largest absolute Gasteiger partial charge is 0.266 e. The van der Waals surface area contributed by atoms with Crippen LogP contribution in [0.3, 0.4) is 0 Å². The molecule has 0 bridgehead atoms. The van der Waals surface area contributed by atoms with Crippen molar-refractivity contribution < 1.29 is 8.42 Å². The zero-order chi connectivity index (χ0) is 18.9. The molecule has 3 aromatic rings. The standard InChI is InChI=1S/C20H23N3O2S/c1-14-11-16(3)20(17(4)12-14)26(24,25)22-19-9-10-23(21-19)13-18-8-6-5-7-15(18)2/h5-12H,13H2,1-4H3,(H,21,22). The molecule has 0 unspecified atom stereocenters. The predicted octanol–water partition coefficient (Wildman–Crippen LogP) is 3.97. The fraction of sp³-hybridized carbons (Fsp3) is 0.250. The van der Waals surface area contributed by atoms with Gasteiger partial charge in [0, 0.05) is 12.3 Å². The van der Waals surface area contributed by atoms with Crippen molar-refractivity contribution >= 4 is 15.8 Å². The van der Waals surface area contributed by atoms with Crippen LogP contribution in [-0.4, -0.2) is 18.2 Å². The third-order valence-corrected chi connectivity index (χ3v) is 6.01. The number of sulfonamides is 1. The molecule has 1 heterocycles. The van der Waals surface area contributed by atoms with Crippen molar-refractivity contribution in [1.82, 2.24) is 9.78 Å². The molecule has 3 rings (SSSR count). The van der Waals surface area contributed by atoms with Gasteiger partial charge in [0.25, 0.3) is 10.0 Å². The third-order valence-electron chi connectivity index (χ3n) is 4.35. The molecular formula is C20H23N3O2S. The minimum atomic E-state index is -3.68. The van der Waals surface area contributed by atoms with E-state index >= 15 is 0 Å². The molecule has 1 aromatic heterocycles. The summed E-state index contributed by atoms with van der Waals surface area (Å²) in [7, 11) is -3.68. The smallest absolute Gasteiger partial charge is 0.263 e. The average molecular weight is 369 g/mol. The van der Waals surface area contributed by atoms with E-state index in [1.54, 1.807) is 16.9 Å². The number of anilines is 1. The van der Waals surface area contributed by atoms with Crippen LogP contribution in [0, 0.1) is 27.7 Å². The number of nitrogens with zero attached hydrogens (tertiary/aromatic N) is 2. The number of aryl methyl sites for hydroxylation is 4. The molecule has 0 saturated carbocycles. The Morgan fingerprint density at radius 2 is 1.62 bits per heavy atom. The molecule has 0 amide bonds. The molecule has 0 aliphatic carbocycles. The molecule has 0 radical (unpaired) electrons. The number of hydrogen-bond acceptors (Lipinski definition) is 3. The first kappa shape index (κ1) is 18.2. The van der Waals surface area contributed by atoms with E-state index in [1.165, 1.54) is 5.56 Å². The van der Waals surface area contributed by atoms with E-state index in [2.05, 4.69) is 9.82 Å². The molecule has 136 valence electrons. The fourth-order valence-electron chi connectivity index (χ4n) is 3.25. The Morgan fingerprint density at radius 3 is 2.27 bits per heavy atom. The molecular weight excluding hydrogens is 346 g/mol. The van der Waals surface area contributed by atoms with Crippen LogP contribution in [0.2, 0.25) is 0 Å². The Bertz CT molecular complexity index is 1030. The maximum atomic E-state index is 12.8. The Balaban J connectivity index is 1.84. The summed E-state index contributed by atoms with van der Waals surface area (Å²) in [5, 5.41) is 4.36. The summed E-state index contributed by atoms with van der Waals surface area (Å²) in [5.74, 6) is 0.318. The van der Waals surface area contributed by atoms with Crippen molar-refractivity contribution in [2.75, 3.05) is 4.72 Å². The second-order valence-electron chi connectivity index (χ2n) is 6.66. The van der Waals surface area contributed by atoms with Crippen molar-refractivity contribution in [3.8, 4) is 0 Å². The summed E-state index contributed by atoms with van der Waals surface area (Å²) in [6.45, 7) is 8.22. The van der Waals surface area contributed by atoms with Gasteiger partial charge in [-0.1, -0.05) is 42.0 Å². The summed E-state index contributed by atoms with van der Waals surface area (Å²) < 4.78 is 30.0. The minimum Gasteiger partial charge on any atom is -0.266 e. The lowest BCUT2D eigenvalue weighted by atomic mass is 10.1. The van der Waals surface area contributed by atoms with Gasteiger partial charge in [-0.3, -0.25) is 9.40 Å². The zero-order valence-electron chi connectivity index (χ0n) is 15.4. The molecule has 0 saturated heterocycles. The number of aromatic nitrogens is 2. The van der Waals surface area contributed by atoms with E-state index in [1.807, 2.05) is 64.1 Å². The van der Waals surface area contributed by atoms with Crippen LogP contribution < -0.4 is 4.72 Å². The fourth-order valence-corrected chi connectivity index (χ4v) is 4.70. The van der Waals surface area contributed by atoms with Gasteiger partial charge in [0.1, 0.15) is 0 Å². The highest BCUT2D eigenvalue weighted by atomic mass is 32.2. The highest BCUT2D eigenvalue weighted by Gasteiger charge is 2.21. The van der Waals surface area contributed by atoms with E-state index < -0.39 is 10.0 Å².